The summed E-state index contributed by atoms with van der Waals surface area (Å²) in [5.41, 5.74) is 8.42. The van der Waals surface area contributed by atoms with Crippen LogP contribution in [0.15, 0.2) is 27.2 Å². The topological polar surface area (TPSA) is 64.9 Å². The van der Waals surface area contributed by atoms with Crippen LogP contribution in [-0.2, 0) is 0 Å². The fraction of sp³-hybridized carbons (Fsp3) is 0.500. The van der Waals surface area contributed by atoms with Crippen LogP contribution in [0.25, 0.3) is 11.4 Å². The summed E-state index contributed by atoms with van der Waals surface area (Å²) in [5, 5.41) is 4.11. The monoisotopic (exact) mass is 349 g/mol. The number of halogens is 1. The molecule has 1 aliphatic rings. The van der Waals surface area contributed by atoms with Crippen molar-refractivity contribution in [3.05, 3.63) is 34.1 Å². The fourth-order valence-electron chi connectivity index (χ4n) is 3.05. The van der Waals surface area contributed by atoms with Crippen molar-refractivity contribution in [3.63, 3.8) is 0 Å². The second-order valence-electron chi connectivity index (χ2n) is 5.84. The van der Waals surface area contributed by atoms with Gasteiger partial charge in [-0.1, -0.05) is 40.3 Å². The first-order valence-electron chi connectivity index (χ1n) is 7.51. The Morgan fingerprint density at radius 2 is 2.05 bits per heavy atom. The van der Waals surface area contributed by atoms with Gasteiger partial charge >= 0.3 is 0 Å². The second kappa shape index (κ2) is 6.28. The van der Waals surface area contributed by atoms with Crippen molar-refractivity contribution in [2.45, 2.75) is 45.1 Å². The Morgan fingerprint density at radius 1 is 1.29 bits per heavy atom. The van der Waals surface area contributed by atoms with Gasteiger partial charge in [0.1, 0.15) is 0 Å². The van der Waals surface area contributed by atoms with Crippen LogP contribution in [0.5, 0.6) is 0 Å². The van der Waals surface area contributed by atoms with E-state index in [0.717, 1.165) is 28.4 Å². The molecule has 1 fully saturated rings. The molecule has 0 radical (unpaired) electrons. The Labute approximate surface area is 133 Å². The average Bonchev–Trinajstić information content (AvgIpc) is 2.97. The molecule has 2 N–H and O–H groups in total. The molecular formula is C16H20BrN3O. The quantitative estimate of drug-likeness (QED) is 0.892. The summed E-state index contributed by atoms with van der Waals surface area (Å²) in [7, 11) is 0. The summed E-state index contributed by atoms with van der Waals surface area (Å²) in [6.45, 7) is 2.04. The molecule has 5 heteroatoms. The number of hydrogen-bond acceptors (Lipinski definition) is 4. The van der Waals surface area contributed by atoms with E-state index in [2.05, 4.69) is 26.1 Å². The van der Waals surface area contributed by atoms with Crippen molar-refractivity contribution in [1.82, 2.24) is 10.1 Å². The lowest BCUT2D eigenvalue weighted by Gasteiger charge is -2.24. The lowest BCUT2D eigenvalue weighted by Crippen LogP contribution is -2.23. The Kier molecular flexibility index (Phi) is 4.40. The van der Waals surface area contributed by atoms with Crippen molar-refractivity contribution >= 4 is 15.9 Å². The van der Waals surface area contributed by atoms with Gasteiger partial charge in [0.05, 0.1) is 6.04 Å². The maximum absolute atomic E-state index is 6.32. The van der Waals surface area contributed by atoms with E-state index >= 15 is 0 Å². The van der Waals surface area contributed by atoms with Crippen LogP contribution in [0.1, 0.15) is 49.6 Å². The van der Waals surface area contributed by atoms with Gasteiger partial charge in [-0.15, -0.1) is 0 Å². The minimum absolute atomic E-state index is 0.137. The lowest BCUT2D eigenvalue weighted by atomic mass is 9.84. The number of nitrogens with two attached hydrogens (primary N) is 1. The summed E-state index contributed by atoms with van der Waals surface area (Å²) >= 11 is 3.47. The molecule has 0 bridgehead atoms. The highest BCUT2D eigenvalue weighted by Crippen LogP contribution is 2.33. The molecule has 1 aromatic heterocycles. The Hall–Kier alpha value is -1.20. The SMILES string of the molecule is Cc1cc(Br)ccc1-c1noc(C(N)C2CCCCC2)n1. The summed E-state index contributed by atoms with van der Waals surface area (Å²) in [5.74, 6) is 1.67. The van der Waals surface area contributed by atoms with Crippen LogP contribution in [0, 0.1) is 12.8 Å². The van der Waals surface area contributed by atoms with Crippen LogP contribution in [-0.4, -0.2) is 10.1 Å². The van der Waals surface area contributed by atoms with Gasteiger partial charge in [-0.3, -0.25) is 0 Å². The zero-order valence-corrected chi connectivity index (χ0v) is 13.8. The molecule has 4 nitrogen and oxygen atoms in total. The summed E-state index contributed by atoms with van der Waals surface area (Å²) < 4.78 is 6.47. The molecular weight excluding hydrogens is 330 g/mol. The van der Waals surface area contributed by atoms with Gasteiger partial charge in [-0.05, 0) is 49.4 Å². The third kappa shape index (κ3) is 3.19. The Balaban J connectivity index is 1.82. The van der Waals surface area contributed by atoms with Crippen molar-refractivity contribution in [2.75, 3.05) is 0 Å². The van der Waals surface area contributed by atoms with Gasteiger partial charge in [0, 0.05) is 10.0 Å². The molecule has 1 atom stereocenters. The first-order chi connectivity index (χ1) is 10.1. The molecule has 1 unspecified atom stereocenters. The number of hydrogen-bond donors (Lipinski definition) is 1. The summed E-state index contributed by atoms with van der Waals surface area (Å²) in [6.07, 6.45) is 6.15. The van der Waals surface area contributed by atoms with Gasteiger partial charge in [-0.2, -0.15) is 4.98 Å². The first-order valence-corrected chi connectivity index (χ1v) is 8.30. The third-order valence-electron chi connectivity index (χ3n) is 4.31. The largest absolute Gasteiger partial charge is 0.337 e. The van der Waals surface area contributed by atoms with Crippen LogP contribution in [0.4, 0.5) is 0 Å². The molecule has 0 aliphatic heterocycles. The zero-order valence-electron chi connectivity index (χ0n) is 12.2. The number of aromatic nitrogens is 2. The molecule has 21 heavy (non-hydrogen) atoms. The van der Waals surface area contributed by atoms with Crippen molar-refractivity contribution in [1.29, 1.82) is 0 Å². The lowest BCUT2D eigenvalue weighted by molar-refractivity contribution is 0.255. The van der Waals surface area contributed by atoms with Gasteiger partial charge in [-0.25, -0.2) is 0 Å². The maximum atomic E-state index is 6.32. The normalized spacial score (nSPS) is 17.9. The van der Waals surface area contributed by atoms with Gasteiger partial charge in [0.25, 0.3) is 0 Å². The number of benzene rings is 1. The van der Waals surface area contributed by atoms with Gasteiger partial charge < -0.3 is 10.3 Å². The smallest absolute Gasteiger partial charge is 0.244 e. The molecule has 3 rings (SSSR count). The fourth-order valence-corrected chi connectivity index (χ4v) is 3.53. The van der Waals surface area contributed by atoms with Crippen molar-refractivity contribution in [2.24, 2.45) is 11.7 Å². The number of rotatable bonds is 3. The predicted octanol–water partition coefficient (Wildman–Crippen LogP) is 4.39. The van der Waals surface area contributed by atoms with E-state index in [1.807, 2.05) is 25.1 Å². The highest BCUT2D eigenvalue weighted by atomic mass is 79.9. The Morgan fingerprint density at radius 3 is 2.76 bits per heavy atom. The number of nitrogens with zero attached hydrogens (tertiary/aromatic N) is 2. The van der Waals surface area contributed by atoms with E-state index in [-0.39, 0.29) is 6.04 Å². The van der Waals surface area contributed by atoms with Crippen molar-refractivity contribution < 1.29 is 4.52 Å². The molecule has 1 aliphatic carbocycles. The average molecular weight is 350 g/mol. The zero-order chi connectivity index (χ0) is 14.8. The van der Waals surface area contributed by atoms with Gasteiger partial charge in [0.15, 0.2) is 0 Å². The number of aryl methyl sites for hydroxylation is 1. The van der Waals surface area contributed by atoms with Gasteiger partial charge in [0.2, 0.25) is 11.7 Å². The molecule has 1 aromatic carbocycles. The van der Waals surface area contributed by atoms with Crippen molar-refractivity contribution in [3.8, 4) is 11.4 Å². The molecule has 0 saturated heterocycles. The highest BCUT2D eigenvalue weighted by Gasteiger charge is 2.26. The molecule has 0 spiro atoms. The summed E-state index contributed by atoms with van der Waals surface area (Å²) in [6, 6.07) is 5.90. The molecule has 112 valence electrons. The van der Waals surface area contributed by atoms with Crippen LogP contribution >= 0.6 is 15.9 Å². The molecule has 1 heterocycles. The third-order valence-corrected chi connectivity index (χ3v) is 4.81. The standard InChI is InChI=1S/C16H20BrN3O/c1-10-9-12(17)7-8-13(10)15-19-16(21-20-15)14(18)11-5-3-2-4-6-11/h7-9,11,14H,2-6,18H2,1H3. The highest BCUT2D eigenvalue weighted by molar-refractivity contribution is 9.10. The van der Waals surface area contributed by atoms with E-state index in [1.54, 1.807) is 0 Å². The van der Waals surface area contributed by atoms with Crippen LogP contribution < -0.4 is 5.73 Å². The van der Waals surface area contributed by atoms with E-state index in [1.165, 1.54) is 19.3 Å². The molecule has 2 aromatic rings. The Bertz CT molecular complexity index is 620. The second-order valence-corrected chi connectivity index (χ2v) is 6.76. The summed E-state index contributed by atoms with van der Waals surface area (Å²) in [4.78, 5) is 4.53. The molecule has 1 saturated carbocycles. The maximum Gasteiger partial charge on any atom is 0.244 e. The first kappa shape index (κ1) is 14.7. The van der Waals surface area contributed by atoms with E-state index in [4.69, 9.17) is 10.3 Å². The minimum Gasteiger partial charge on any atom is -0.337 e. The van der Waals surface area contributed by atoms with E-state index in [9.17, 15) is 0 Å². The van der Waals surface area contributed by atoms with E-state index < -0.39 is 0 Å². The predicted molar refractivity (Wildman–Crippen MR) is 85.7 cm³/mol. The van der Waals surface area contributed by atoms with Crippen LogP contribution in [0.3, 0.4) is 0 Å². The minimum atomic E-state index is -0.137. The molecule has 0 amide bonds. The van der Waals surface area contributed by atoms with Crippen LogP contribution in [0.2, 0.25) is 0 Å². The van der Waals surface area contributed by atoms with E-state index in [0.29, 0.717) is 17.6 Å².